The second-order valence-electron chi connectivity index (χ2n) is 6.43. The van der Waals surface area contributed by atoms with Crippen molar-refractivity contribution >= 4 is 0 Å². The van der Waals surface area contributed by atoms with Crippen molar-refractivity contribution in [2.45, 2.75) is 64.3 Å². The number of aliphatic hydroxyl groups is 2. The van der Waals surface area contributed by atoms with Crippen LogP contribution in [0.3, 0.4) is 0 Å². The van der Waals surface area contributed by atoms with Gasteiger partial charge in [-0.25, -0.2) is 0 Å². The summed E-state index contributed by atoms with van der Waals surface area (Å²) in [6.45, 7) is 3.90. The molecule has 0 aliphatic carbocycles. The highest BCUT2D eigenvalue weighted by molar-refractivity contribution is 5.11. The maximum absolute atomic E-state index is 9.94. The van der Waals surface area contributed by atoms with Crippen molar-refractivity contribution in [1.29, 1.82) is 0 Å². The lowest BCUT2D eigenvalue weighted by atomic mass is 9.77. The molecule has 2 fully saturated rings. The van der Waals surface area contributed by atoms with Crippen LogP contribution in [0.2, 0.25) is 0 Å². The maximum atomic E-state index is 9.94. The second kappa shape index (κ2) is 9.09. The standard InChI is InChI=1S/C20H30O3/c1-3-5-8-16(22)11-12-18-17(19-13-14-20(18)23-19)10-7-6-9-15(21)4-2/h4-8,11-12,16-22H,3,9-10,13-14H2,1-2H3/b7-6-,8-5?,12-11+,15-4+/t16?,17-,18+,19-,20+/m1/s1. The van der Waals surface area contributed by atoms with Crippen molar-refractivity contribution in [3.8, 4) is 0 Å². The number of fused-ring (bicyclic) bond motifs is 2. The summed E-state index contributed by atoms with van der Waals surface area (Å²) in [5.41, 5.74) is 0. The zero-order chi connectivity index (χ0) is 16.7. The molecule has 2 aliphatic heterocycles. The highest BCUT2D eigenvalue weighted by Crippen LogP contribution is 2.45. The summed E-state index contributed by atoms with van der Waals surface area (Å²) in [5.74, 6) is 1.28. The number of aliphatic hydroxyl groups excluding tert-OH is 2. The molecule has 2 rings (SSSR count). The molecular formula is C20H30O3. The van der Waals surface area contributed by atoms with Crippen molar-refractivity contribution in [2.75, 3.05) is 0 Å². The van der Waals surface area contributed by atoms with E-state index >= 15 is 0 Å². The van der Waals surface area contributed by atoms with E-state index in [0.717, 1.165) is 25.7 Å². The van der Waals surface area contributed by atoms with Crippen molar-refractivity contribution < 1.29 is 14.9 Å². The van der Waals surface area contributed by atoms with Crippen LogP contribution in [0.4, 0.5) is 0 Å². The Hall–Kier alpha value is -1.32. The second-order valence-corrected chi connectivity index (χ2v) is 6.43. The minimum atomic E-state index is -0.503. The summed E-state index contributed by atoms with van der Waals surface area (Å²) in [4.78, 5) is 0. The first-order valence-corrected chi connectivity index (χ1v) is 8.83. The topological polar surface area (TPSA) is 49.7 Å². The van der Waals surface area contributed by atoms with Crippen LogP contribution in [-0.2, 0) is 4.74 Å². The summed E-state index contributed by atoms with van der Waals surface area (Å²) in [6, 6.07) is 0. The Balaban J connectivity index is 1.91. The predicted octanol–water partition coefficient (Wildman–Crippen LogP) is 4.46. The third-order valence-corrected chi connectivity index (χ3v) is 4.82. The summed E-state index contributed by atoms with van der Waals surface area (Å²) >= 11 is 0. The Morgan fingerprint density at radius 1 is 1.17 bits per heavy atom. The van der Waals surface area contributed by atoms with E-state index in [9.17, 15) is 10.2 Å². The quantitative estimate of drug-likeness (QED) is 0.513. The van der Waals surface area contributed by atoms with Crippen molar-refractivity contribution in [2.24, 2.45) is 11.8 Å². The minimum Gasteiger partial charge on any atom is -0.512 e. The number of ether oxygens (including phenoxy) is 1. The normalized spacial score (nSPS) is 32.7. The Morgan fingerprint density at radius 2 is 1.96 bits per heavy atom. The van der Waals surface area contributed by atoms with E-state index in [4.69, 9.17) is 4.74 Å². The molecule has 128 valence electrons. The van der Waals surface area contributed by atoms with E-state index in [1.807, 2.05) is 31.2 Å². The van der Waals surface area contributed by atoms with Gasteiger partial charge in [0.05, 0.1) is 24.1 Å². The smallest absolute Gasteiger partial charge is 0.0917 e. The number of hydrogen-bond acceptors (Lipinski definition) is 3. The van der Waals surface area contributed by atoms with E-state index in [1.54, 1.807) is 6.08 Å². The van der Waals surface area contributed by atoms with Gasteiger partial charge in [-0.3, -0.25) is 0 Å². The number of hydrogen-bond donors (Lipinski definition) is 2. The first-order chi connectivity index (χ1) is 11.2. The van der Waals surface area contributed by atoms with E-state index < -0.39 is 6.10 Å². The average molecular weight is 318 g/mol. The molecule has 0 aromatic heterocycles. The minimum absolute atomic E-state index is 0.306. The largest absolute Gasteiger partial charge is 0.512 e. The Bertz CT molecular complexity index is 475. The third-order valence-electron chi connectivity index (χ3n) is 4.82. The highest BCUT2D eigenvalue weighted by atomic mass is 16.5. The average Bonchev–Trinajstić information content (AvgIpc) is 3.16. The molecule has 5 atom stereocenters. The van der Waals surface area contributed by atoms with Gasteiger partial charge in [0.25, 0.3) is 0 Å². The maximum Gasteiger partial charge on any atom is 0.0917 e. The molecule has 23 heavy (non-hydrogen) atoms. The van der Waals surface area contributed by atoms with Crippen LogP contribution in [0, 0.1) is 11.8 Å². The van der Waals surface area contributed by atoms with Gasteiger partial charge >= 0.3 is 0 Å². The highest BCUT2D eigenvalue weighted by Gasteiger charge is 2.46. The van der Waals surface area contributed by atoms with Crippen LogP contribution in [-0.4, -0.2) is 28.5 Å². The number of rotatable bonds is 8. The summed E-state index contributed by atoms with van der Waals surface area (Å²) in [7, 11) is 0. The molecule has 0 aromatic carbocycles. The Labute approximate surface area is 140 Å². The molecule has 2 N–H and O–H groups in total. The van der Waals surface area contributed by atoms with Crippen LogP contribution in [0.5, 0.6) is 0 Å². The van der Waals surface area contributed by atoms with E-state index in [0.29, 0.717) is 36.2 Å². The zero-order valence-electron chi connectivity index (χ0n) is 14.3. The van der Waals surface area contributed by atoms with Gasteiger partial charge in [0.1, 0.15) is 0 Å². The van der Waals surface area contributed by atoms with E-state index in [-0.39, 0.29) is 0 Å². The van der Waals surface area contributed by atoms with Crippen LogP contribution in [0.1, 0.15) is 46.0 Å². The van der Waals surface area contributed by atoms with Gasteiger partial charge in [0.15, 0.2) is 0 Å². The Morgan fingerprint density at radius 3 is 2.70 bits per heavy atom. The van der Waals surface area contributed by atoms with Crippen LogP contribution >= 0.6 is 0 Å². The zero-order valence-corrected chi connectivity index (χ0v) is 14.3. The predicted molar refractivity (Wildman–Crippen MR) is 94.2 cm³/mol. The monoisotopic (exact) mass is 318 g/mol. The molecule has 3 nitrogen and oxygen atoms in total. The molecule has 2 bridgehead atoms. The molecule has 0 amide bonds. The third kappa shape index (κ3) is 5.08. The number of allylic oxidation sites excluding steroid dienone is 4. The molecule has 0 radical (unpaired) electrons. The first kappa shape index (κ1) is 18.0. The molecule has 0 saturated carbocycles. The van der Waals surface area contributed by atoms with Crippen LogP contribution in [0.25, 0.3) is 0 Å². The van der Waals surface area contributed by atoms with Gasteiger partial charge in [-0.05, 0) is 44.6 Å². The van der Waals surface area contributed by atoms with Gasteiger partial charge in [0.2, 0.25) is 0 Å². The lowest BCUT2D eigenvalue weighted by molar-refractivity contribution is 0.0899. The molecule has 0 aromatic rings. The fourth-order valence-corrected chi connectivity index (χ4v) is 3.54. The molecule has 1 unspecified atom stereocenters. The SMILES string of the molecule is C/C=C(/O)C/C=C\C[C@@H]1[C@H](/C=C/C(O)C=CCC)[C@@H]2CC[C@H]1O2. The van der Waals surface area contributed by atoms with Gasteiger partial charge in [-0.1, -0.05) is 43.4 Å². The molecule has 2 heterocycles. The first-order valence-electron chi connectivity index (χ1n) is 8.83. The fourth-order valence-electron chi connectivity index (χ4n) is 3.54. The molecule has 0 spiro atoms. The molecule has 3 heteroatoms. The van der Waals surface area contributed by atoms with Crippen LogP contribution in [0.15, 0.2) is 48.3 Å². The van der Waals surface area contributed by atoms with Crippen LogP contribution < -0.4 is 0 Å². The van der Waals surface area contributed by atoms with Gasteiger partial charge < -0.3 is 14.9 Å². The molecule has 2 saturated heterocycles. The Kier molecular flexibility index (Phi) is 7.13. The summed E-state index contributed by atoms with van der Waals surface area (Å²) in [6.07, 6.45) is 18.7. The van der Waals surface area contributed by atoms with Gasteiger partial charge in [0, 0.05) is 12.3 Å². The summed E-state index contributed by atoms with van der Waals surface area (Å²) in [5, 5.41) is 19.4. The van der Waals surface area contributed by atoms with Crippen molar-refractivity contribution in [1.82, 2.24) is 0 Å². The fraction of sp³-hybridized carbons (Fsp3) is 0.600. The van der Waals surface area contributed by atoms with E-state index in [1.165, 1.54) is 0 Å². The van der Waals surface area contributed by atoms with Gasteiger partial charge in [-0.15, -0.1) is 0 Å². The van der Waals surface area contributed by atoms with Gasteiger partial charge in [-0.2, -0.15) is 0 Å². The van der Waals surface area contributed by atoms with Crippen molar-refractivity contribution in [3.05, 3.63) is 48.3 Å². The van der Waals surface area contributed by atoms with E-state index in [2.05, 4.69) is 19.1 Å². The lowest BCUT2D eigenvalue weighted by Gasteiger charge is -2.24. The molecular weight excluding hydrogens is 288 g/mol. The lowest BCUT2D eigenvalue weighted by Crippen LogP contribution is -2.25. The molecule has 2 aliphatic rings. The van der Waals surface area contributed by atoms with Crippen molar-refractivity contribution in [3.63, 3.8) is 0 Å². The summed E-state index contributed by atoms with van der Waals surface area (Å²) < 4.78 is 6.06.